The van der Waals surface area contributed by atoms with Crippen molar-refractivity contribution in [3.8, 4) is 0 Å². The van der Waals surface area contributed by atoms with E-state index in [0.29, 0.717) is 11.8 Å². The summed E-state index contributed by atoms with van der Waals surface area (Å²) in [4.78, 5) is 11.2. The summed E-state index contributed by atoms with van der Waals surface area (Å²) in [7, 11) is 0. The third kappa shape index (κ3) is 2.97. The Morgan fingerprint density at radius 3 is 2.81 bits per heavy atom. The summed E-state index contributed by atoms with van der Waals surface area (Å²) < 4.78 is 5.41. The van der Waals surface area contributed by atoms with Gasteiger partial charge in [-0.1, -0.05) is 5.16 Å². The standard InChI is InChI=1S/C16H20N4O/c1-2-14(15-18-16(21-19-15)13-3-4-13)11-20(9-1)10-12-5-7-17-8-6-12/h5-8,13-14H,1-4,9-11H2. The molecule has 4 rings (SSSR count). The van der Waals surface area contributed by atoms with Crippen LogP contribution in [0.1, 0.15) is 54.8 Å². The first kappa shape index (κ1) is 13.0. The molecule has 110 valence electrons. The second-order valence-electron chi connectivity index (χ2n) is 6.19. The molecule has 0 spiro atoms. The van der Waals surface area contributed by atoms with Gasteiger partial charge in [0.25, 0.3) is 0 Å². The molecule has 0 aromatic carbocycles. The number of likely N-dealkylation sites (tertiary alicyclic amines) is 1. The van der Waals surface area contributed by atoms with Crippen molar-refractivity contribution in [1.29, 1.82) is 0 Å². The van der Waals surface area contributed by atoms with Gasteiger partial charge in [-0.2, -0.15) is 4.98 Å². The number of nitrogens with zero attached hydrogens (tertiary/aromatic N) is 4. The zero-order chi connectivity index (χ0) is 14.1. The van der Waals surface area contributed by atoms with Crippen LogP contribution in [0, 0.1) is 0 Å². The van der Waals surface area contributed by atoms with Gasteiger partial charge in [-0.15, -0.1) is 0 Å². The predicted octanol–water partition coefficient (Wildman–Crippen LogP) is 2.72. The molecule has 2 aromatic rings. The van der Waals surface area contributed by atoms with Crippen molar-refractivity contribution in [2.45, 2.75) is 44.1 Å². The van der Waals surface area contributed by atoms with Crippen molar-refractivity contribution in [3.05, 3.63) is 41.8 Å². The zero-order valence-corrected chi connectivity index (χ0v) is 12.1. The molecule has 0 radical (unpaired) electrons. The van der Waals surface area contributed by atoms with E-state index >= 15 is 0 Å². The molecule has 2 aliphatic rings. The first-order chi connectivity index (χ1) is 10.4. The van der Waals surface area contributed by atoms with Gasteiger partial charge >= 0.3 is 0 Å². The van der Waals surface area contributed by atoms with Crippen molar-refractivity contribution in [1.82, 2.24) is 20.0 Å². The molecular weight excluding hydrogens is 264 g/mol. The fourth-order valence-electron chi connectivity index (χ4n) is 3.07. The lowest BCUT2D eigenvalue weighted by Crippen LogP contribution is -2.34. The number of rotatable bonds is 4. The first-order valence-electron chi connectivity index (χ1n) is 7.83. The Labute approximate surface area is 124 Å². The van der Waals surface area contributed by atoms with Crippen LogP contribution in [0.2, 0.25) is 0 Å². The van der Waals surface area contributed by atoms with E-state index in [1.54, 1.807) is 0 Å². The summed E-state index contributed by atoms with van der Waals surface area (Å²) in [5.41, 5.74) is 1.32. The van der Waals surface area contributed by atoms with E-state index in [4.69, 9.17) is 4.52 Å². The molecule has 0 N–H and O–H groups in total. The van der Waals surface area contributed by atoms with Crippen LogP contribution in [-0.2, 0) is 6.54 Å². The van der Waals surface area contributed by atoms with Crippen LogP contribution < -0.4 is 0 Å². The minimum absolute atomic E-state index is 0.414. The summed E-state index contributed by atoms with van der Waals surface area (Å²) in [5, 5.41) is 4.22. The van der Waals surface area contributed by atoms with Crippen molar-refractivity contribution >= 4 is 0 Å². The van der Waals surface area contributed by atoms with Crippen LogP contribution in [0.5, 0.6) is 0 Å². The molecule has 1 saturated heterocycles. The fraction of sp³-hybridized carbons (Fsp3) is 0.562. The lowest BCUT2D eigenvalue weighted by molar-refractivity contribution is 0.194. The van der Waals surface area contributed by atoms with Gasteiger partial charge in [0, 0.05) is 37.3 Å². The quantitative estimate of drug-likeness (QED) is 0.864. The molecule has 5 heteroatoms. The summed E-state index contributed by atoms with van der Waals surface area (Å²) in [6.07, 6.45) is 8.50. The molecule has 2 fully saturated rings. The van der Waals surface area contributed by atoms with Crippen LogP contribution in [0.25, 0.3) is 0 Å². The van der Waals surface area contributed by atoms with Crippen molar-refractivity contribution in [2.24, 2.45) is 0 Å². The highest BCUT2D eigenvalue weighted by Gasteiger charge is 2.32. The Kier molecular flexibility index (Phi) is 3.43. The molecule has 2 aromatic heterocycles. The van der Waals surface area contributed by atoms with Gasteiger partial charge in [-0.3, -0.25) is 9.88 Å². The molecular formula is C16H20N4O. The van der Waals surface area contributed by atoms with E-state index in [9.17, 15) is 0 Å². The normalized spacial score (nSPS) is 23.3. The van der Waals surface area contributed by atoms with E-state index in [-0.39, 0.29) is 0 Å². The first-order valence-corrected chi connectivity index (χ1v) is 7.83. The van der Waals surface area contributed by atoms with Gasteiger partial charge in [0.2, 0.25) is 5.89 Å². The van der Waals surface area contributed by atoms with Crippen LogP contribution in [-0.4, -0.2) is 33.1 Å². The second kappa shape index (κ2) is 5.56. The van der Waals surface area contributed by atoms with E-state index < -0.39 is 0 Å². The number of hydrogen-bond donors (Lipinski definition) is 0. The minimum atomic E-state index is 0.414. The fourth-order valence-corrected chi connectivity index (χ4v) is 3.07. The van der Waals surface area contributed by atoms with Crippen molar-refractivity contribution < 1.29 is 4.52 Å². The lowest BCUT2D eigenvalue weighted by atomic mass is 9.97. The second-order valence-corrected chi connectivity index (χ2v) is 6.19. The summed E-state index contributed by atoms with van der Waals surface area (Å²) in [5.74, 6) is 2.73. The van der Waals surface area contributed by atoms with Crippen molar-refractivity contribution in [3.63, 3.8) is 0 Å². The van der Waals surface area contributed by atoms with Crippen LogP contribution in [0.15, 0.2) is 29.0 Å². The molecule has 3 heterocycles. The molecule has 1 aliphatic carbocycles. The van der Waals surface area contributed by atoms with E-state index in [0.717, 1.165) is 37.8 Å². The predicted molar refractivity (Wildman–Crippen MR) is 77.8 cm³/mol. The Bertz CT molecular complexity index is 593. The summed E-state index contributed by atoms with van der Waals surface area (Å²) >= 11 is 0. The highest BCUT2D eigenvalue weighted by molar-refractivity contribution is 5.10. The summed E-state index contributed by atoms with van der Waals surface area (Å²) in [6.45, 7) is 3.14. The largest absolute Gasteiger partial charge is 0.339 e. The highest BCUT2D eigenvalue weighted by Crippen LogP contribution is 2.39. The van der Waals surface area contributed by atoms with Crippen LogP contribution in [0.3, 0.4) is 0 Å². The van der Waals surface area contributed by atoms with Gasteiger partial charge in [0.1, 0.15) is 0 Å². The molecule has 1 aliphatic heterocycles. The SMILES string of the molecule is c1cc(CN2CCCC(c3noc(C4CC4)n3)C2)ccn1. The number of pyridine rings is 1. The van der Waals surface area contributed by atoms with Gasteiger partial charge in [-0.25, -0.2) is 0 Å². The van der Waals surface area contributed by atoms with Gasteiger partial charge in [-0.05, 0) is 49.9 Å². The maximum Gasteiger partial charge on any atom is 0.229 e. The average Bonchev–Trinajstić information content (AvgIpc) is 3.26. The van der Waals surface area contributed by atoms with Crippen LogP contribution >= 0.6 is 0 Å². The Morgan fingerprint density at radius 2 is 2.00 bits per heavy atom. The third-order valence-electron chi connectivity index (χ3n) is 4.41. The van der Waals surface area contributed by atoms with E-state index in [1.165, 1.54) is 24.8 Å². The number of piperidine rings is 1. The van der Waals surface area contributed by atoms with Gasteiger partial charge < -0.3 is 4.52 Å². The van der Waals surface area contributed by atoms with Crippen molar-refractivity contribution in [2.75, 3.05) is 13.1 Å². The Morgan fingerprint density at radius 1 is 1.14 bits per heavy atom. The van der Waals surface area contributed by atoms with Gasteiger partial charge in [0.05, 0.1) is 0 Å². The van der Waals surface area contributed by atoms with Gasteiger partial charge in [0.15, 0.2) is 5.82 Å². The molecule has 1 unspecified atom stereocenters. The summed E-state index contributed by atoms with van der Waals surface area (Å²) in [6, 6.07) is 4.17. The topological polar surface area (TPSA) is 55.1 Å². The maximum atomic E-state index is 5.41. The molecule has 1 saturated carbocycles. The molecule has 5 nitrogen and oxygen atoms in total. The Balaban J connectivity index is 1.42. The lowest BCUT2D eigenvalue weighted by Gasteiger charge is -2.31. The van der Waals surface area contributed by atoms with Crippen LogP contribution in [0.4, 0.5) is 0 Å². The Hall–Kier alpha value is -1.75. The third-order valence-corrected chi connectivity index (χ3v) is 4.41. The van der Waals surface area contributed by atoms with E-state index in [2.05, 4.69) is 32.2 Å². The molecule has 0 amide bonds. The van der Waals surface area contributed by atoms with E-state index in [1.807, 2.05) is 12.4 Å². The molecule has 1 atom stereocenters. The monoisotopic (exact) mass is 284 g/mol. The molecule has 21 heavy (non-hydrogen) atoms. The smallest absolute Gasteiger partial charge is 0.229 e. The average molecular weight is 284 g/mol. The zero-order valence-electron chi connectivity index (χ0n) is 12.1. The number of aromatic nitrogens is 3. The minimum Gasteiger partial charge on any atom is -0.339 e. The maximum absolute atomic E-state index is 5.41. The number of hydrogen-bond acceptors (Lipinski definition) is 5. The molecule has 0 bridgehead atoms. The highest BCUT2D eigenvalue weighted by atomic mass is 16.5.